The molecule has 1 aliphatic heterocycles. The minimum Gasteiger partial charge on any atom is -0.499 e. The van der Waals surface area contributed by atoms with E-state index in [0.29, 0.717) is 6.61 Å². The Morgan fingerprint density at radius 3 is 3.07 bits per heavy atom. The average Bonchev–Trinajstić information content (AvgIpc) is 3.04. The van der Waals surface area contributed by atoms with Gasteiger partial charge in [0.05, 0.1) is 18.2 Å². The van der Waals surface area contributed by atoms with Gasteiger partial charge in [-0.15, -0.1) is 0 Å². The van der Waals surface area contributed by atoms with Gasteiger partial charge in [0.15, 0.2) is 0 Å². The molecule has 1 heterocycles. The summed E-state index contributed by atoms with van der Waals surface area (Å²) in [6.45, 7) is 1.48. The number of hydrogen-bond donors (Lipinski definition) is 0. The number of benzene rings is 1. The van der Waals surface area contributed by atoms with Crippen LogP contribution in [0, 0.1) is 0 Å². The second-order valence-corrected chi connectivity index (χ2v) is 3.92. The van der Waals surface area contributed by atoms with Gasteiger partial charge in [-0.1, -0.05) is 12.1 Å². The van der Waals surface area contributed by atoms with Gasteiger partial charge in [0.25, 0.3) is 0 Å². The standard InChI is InChI=1S/C12H13NO/c1-2-10(9-4-5-9)11-8-14-7-6-13-12(11)3-1/h1-3,8-9H,4-7H2. The second kappa shape index (κ2) is 3.12. The Morgan fingerprint density at radius 1 is 1.29 bits per heavy atom. The smallest absolute Gasteiger partial charge is 0.107 e. The van der Waals surface area contributed by atoms with Crippen LogP contribution in [0.3, 0.4) is 0 Å². The molecular formula is C12H13NO. The molecule has 14 heavy (non-hydrogen) atoms. The molecule has 72 valence electrons. The molecule has 1 saturated carbocycles. The topological polar surface area (TPSA) is 21.6 Å². The monoisotopic (exact) mass is 187 g/mol. The highest BCUT2D eigenvalue weighted by molar-refractivity contribution is 5.31. The van der Waals surface area contributed by atoms with E-state index in [2.05, 4.69) is 23.2 Å². The van der Waals surface area contributed by atoms with E-state index in [0.717, 1.165) is 17.8 Å². The zero-order valence-corrected chi connectivity index (χ0v) is 8.07. The summed E-state index contributed by atoms with van der Waals surface area (Å²) in [7, 11) is 0. The first kappa shape index (κ1) is 8.04. The van der Waals surface area contributed by atoms with Gasteiger partial charge in [0.2, 0.25) is 0 Å². The first-order valence-corrected chi connectivity index (χ1v) is 5.20. The van der Waals surface area contributed by atoms with Gasteiger partial charge in [-0.25, -0.2) is 0 Å². The molecule has 2 aliphatic rings. The van der Waals surface area contributed by atoms with Crippen LogP contribution in [0.1, 0.15) is 24.3 Å². The molecule has 1 fully saturated rings. The fourth-order valence-electron chi connectivity index (χ4n) is 1.95. The zero-order chi connectivity index (χ0) is 9.38. The van der Waals surface area contributed by atoms with E-state index in [9.17, 15) is 0 Å². The van der Waals surface area contributed by atoms with Crippen LogP contribution in [0.5, 0.6) is 0 Å². The first-order valence-electron chi connectivity index (χ1n) is 5.20. The summed E-state index contributed by atoms with van der Waals surface area (Å²) in [5.74, 6) is 0.762. The van der Waals surface area contributed by atoms with Gasteiger partial charge >= 0.3 is 0 Å². The maximum absolute atomic E-state index is 5.42. The second-order valence-electron chi connectivity index (χ2n) is 3.92. The molecule has 0 saturated heterocycles. The molecular weight excluding hydrogens is 174 g/mol. The number of rotatable bonds is 1. The van der Waals surface area contributed by atoms with Crippen molar-refractivity contribution in [1.29, 1.82) is 0 Å². The summed E-state index contributed by atoms with van der Waals surface area (Å²) >= 11 is 0. The summed E-state index contributed by atoms with van der Waals surface area (Å²) in [5.41, 5.74) is 1.42. The number of ether oxygens (including phenoxy) is 1. The summed E-state index contributed by atoms with van der Waals surface area (Å²) in [6, 6.07) is 6.39. The van der Waals surface area contributed by atoms with Crippen LogP contribution < -0.4 is 10.6 Å². The van der Waals surface area contributed by atoms with E-state index < -0.39 is 0 Å². The molecule has 0 amide bonds. The molecule has 0 N–H and O–H groups in total. The van der Waals surface area contributed by atoms with Crippen molar-refractivity contribution >= 4 is 6.26 Å². The predicted octanol–water partition coefficient (Wildman–Crippen LogP) is 0.952. The van der Waals surface area contributed by atoms with E-state index in [4.69, 9.17) is 4.74 Å². The largest absolute Gasteiger partial charge is 0.499 e. The third-order valence-electron chi connectivity index (χ3n) is 2.83. The van der Waals surface area contributed by atoms with Crippen molar-refractivity contribution in [2.75, 3.05) is 13.2 Å². The van der Waals surface area contributed by atoms with Crippen LogP contribution in [-0.4, -0.2) is 13.2 Å². The van der Waals surface area contributed by atoms with Crippen LogP contribution in [0.2, 0.25) is 0 Å². The molecule has 3 rings (SSSR count). The molecule has 0 atom stereocenters. The summed E-state index contributed by atoms with van der Waals surface area (Å²) < 4.78 is 5.42. The van der Waals surface area contributed by atoms with Gasteiger partial charge in [0, 0.05) is 5.22 Å². The minimum absolute atomic E-state index is 0.707. The van der Waals surface area contributed by atoms with Gasteiger partial charge in [-0.3, -0.25) is 4.99 Å². The number of nitrogens with zero attached hydrogens (tertiary/aromatic N) is 1. The van der Waals surface area contributed by atoms with Crippen molar-refractivity contribution in [1.82, 2.24) is 0 Å². The van der Waals surface area contributed by atoms with E-state index in [1.54, 1.807) is 0 Å². The maximum atomic E-state index is 5.42. The van der Waals surface area contributed by atoms with Crippen LogP contribution in [0.4, 0.5) is 0 Å². The van der Waals surface area contributed by atoms with Crippen molar-refractivity contribution in [2.24, 2.45) is 4.99 Å². The normalized spacial score (nSPS) is 19.7. The van der Waals surface area contributed by atoms with Crippen LogP contribution in [0.25, 0.3) is 6.26 Å². The van der Waals surface area contributed by atoms with Gasteiger partial charge in [0.1, 0.15) is 6.61 Å². The van der Waals surface area contributed by atoms with E-state index >= 15 is 0 Å². The lowest BCUT2D eigenvalue weighted by Crippen LogP contribution is -2.28. The lowest BCUT2D eigenvalue weighted by atomic mass is 10.1. The molecule has 0 aromatic heterocycles. The highest BCUT2D eigenvalue weighted by Crippen LogP contribution is 2.37. The molecule has 0 unspecified atom stereocenters. The zero-order valence-electron chi connectivity index (χ0n) is 8.07. The third-order valence-corrected chi connectivity index (χ3v) is 2.83. The average molecular weight is 187 g/mol. The van der Waals surface area contributed by atoms with Crippen molar-refractivity contribution < 1.29 is 4.74 Å². The fourth-order valence-corrected chi connectivity index (χ4v) is 1.95. The Kier molecular flexibility index (Phi) is 1.79. The summed E-state index contributed by atoms with van der Waals surface area (Å²) in [5, 5.41) is 2.32. The minimum atomic E-state index is 0.707. The summed E-state index contributed by atoms with van der Waals surface area (Å²) in [4.78, 5) is 4.50. The molecule has 1 aromatic carbocycles. The molecule has 1 aliphatic carbocycles. The SMILES string of the molecule is C1=c2c(C3CC3)cccc2=NCCO1. The van der Waals surface area contributed by atoms with E-state index in [1.807, 2.05) is 6.26 Å². The summed E-state index contributed by atoms with van der Waals surface area (Å²) in [6.07, 6.45) is 4.54. The Balaban J connectivity index is 2.27. The molecule has 1 aromatic rings. The van der Waals surface area contributed by atoms with Crippen LogP contribution in [0.15, 0.2) is 23.2 Å². The predicted molar refractivity (Wildman–Crippen MR) is 54.5 cm³/mol. The Morgan fingerprint density at radius 2 is 2.21 bits per heavy atom. The van der Waals surface area contributed by atoms with Gasteiger partial charge in [-0.2, -0.15) is 0 Å². The Bertz CT molecular complexity index is 460. The van der Waals surface area contributed by atoms with Gasteiger partial charge in [-0.05, 0) is 30.4 Å². The van der Waals surface area contributed by atoms with Crippen molar-refractivity contribution in [3.8, 4) is 0 Å². The molecule has 0 spiro atoms. The third kappa shape index (κ3) is 1.31. The number of hydrogen-bond acceptors (Lipinski definition) is 2. The quantitative estimate of drug-likeness (QED) is 0.641. The van der Waals surface area contributed by atoms with E-state index in [-0.39, 0.29) is 0 Å². The molecule has 0 bridgehead atoms. The first-order chi connectivity index (χ1) is 6.95. The van der Waals surface area contributed by atoms with E-state index in [1.165, 1.54) is 23.6 Å². The molecule has 0 radical (unpaired) electrons. The maximum Gasteiger partial charge on any atom is 0.107 e. The van der Waals surface area contributed by atoms with Crippen LogP contribution >= 0.6 is 0 Å². The highest BCUT2D eigenvalue weighted by Gasteiger charge is 2.24. The highest BCUT2D eigenvalue weighted by atomic mass is 16.5. The Hall–Kier alpha value is -1.31. The van der Waals surface area contributed by atoms with Crippen molar-refractivity contribution in [3.63, 3.8) is 0 Å². The molecule has 2 nitrogen and oxygen atoms in total. The number of fused-ring (bicyclic) bond motifs is 1. The molecule has 2 heteroatoms. The lowest BCUT2D eigenvalue weighted by Gasteiger charge is -1.98. The van der Waals surface area contributed by atoms with Crippen molar-refractivity contribution in [3.05, 3.63) is 34.3 Å². The lowest BCUT2D eigenvalue weighted by molar-refractivity contribution is 0.307. The fraction of sp³-hybridized carbons (Fsp3) is 0.417. The van der Waals surface area contributed by atoms with Crippen LogP contribution in [-0.2, 0) is 4.74 Å². The Labute approximate surface area is 82.9 Å². The van der Waals surface area contributed by atoms with Crippen molar-refractivity contribution in [2.45, 2.75) is 18.8 Å². The van der Waals surface area contributed by atoms with Gasteiger partial charge < -0.3 is 4.74 Å².